The van der Waals surface area contributed by atoms with Crippen molar-refractivity contribution in [2.45, 2.75) is 6.92 Å². The van der Waals surface area contributed by atoms with Gasteiger partial charge in [-0.25, -0.2) is 4.39 Å². The lowest BCUT2D eigenvalue weighted by molar-refractivity contribution is 0.629. The Bertz CT molecular complexity index is 332. The van der Waals surface area contributed by atoms with E-state index in [2.05, 4.69) is 11.7 Å². The van der Waals surface area contributed by atoms with Crippen LogP contribution in [0.2, 0.25) is 0 Å². The van der Waals surface area contributed by atoms with E-state index >= 15 is 0 Å². The fraction of sp³-hybridized carbons (Fsp3) is 0.300. The third-order valence-electron chi connectivity index (χ3n) is 1.83. The summed E-state index contributed by atoms with van der Waals surface area (Å²) in [6, 6.07) is 3.34. The third-order valence-corrected chi connectivity index (χ3v) is 1.83. The molecule has 2 nitrogen and oxygen atoms in total. The van der Waals surface area contributed by atoms with E-state index in [0.29, 0.717) is 5.69 Å². The van der Waals surface area contributed by atoms with Crippen LogP contribution in [-0.4, -0.2) is 20.8 Å². The van der Waals surface area contributed by atoms with Crippen LogP contribution in [0.4, 0.5) is 15.8 Å². The number of nitrogens with zero attached hydrogens (tertiary/aromatic N) is 2. The molecule has 0 N–H and O–H groups in total. The highest BCUT2D eigenvalue weighted by Gasteiger charge is 2.09. The first-order valence-electron chi connectivity index (χ1n) is 4.00. The number of benzene rings is 1. The number of halogens is 1. The third kappa shape index (κ3) is 1.86. The van der Waals surface area contributed by atoms with Crippen LogP contribution >= 0.6 is 0 Å². The van der Waals surface area contributed by atoms with Crippen LogP contribution in [0.25, 0.3) is 0 Å². The lowest BCUT2D eigenvalue weighted by Gasteiger charge is -2.16. The average molecular weight is 180 g/mol. The molecule has 0 radical (unpaired) electrons. The lowest BCUT2D eigenvalue weighted by Crippen LogP contribution is -2.09. The van der Waals surface area contributed by atoms with Gasteiger partial charge in [-0.2, -0.15) is 0 Å². The molecule has 0 saturated carbocycles. The van der Waals surface area contributed by atoms with E-state index in [1.165, 1.54) is 6.07 Å². The minimum atomic E-state index is -0.321. The zero-order valence-electron chi connectivity index (χ0n) is 8.13. The van der Waals surface area contributed by atoms with Crippen LogP contribution in [0.5, 0.6) is 0 Å². The Labute approximate surface area is 77.7 Å². The molecule has 1 aromatic rings. The number of hydrogen-bond donors (Lipinski definition) is 0. The highest BCUT2D eigenvalue weighted by Crippen LogP contribution is 2.30. The largest absolute Gasteiger partial charge is 0.376 e. The monoisotopic (exact) mass is 180 g/mol. The maximum atomic E-state index is 13.3. The number of anilines is 1. The van der Waals surface area contributed by atoms with Gasteiger partial charge in [0.2, 0.25) is 0 Å². The van der Waals surface area contributed by atoms with E-state index in [1.54, 1.807) is 0 Å². The molecule has 3 heteroatoms. The van der Waals surface area contributed by atoms with Gasteiger partial charge >= 0.3 is 0 Å². The predicted molar refractivity (Wildman–Crippen MR) is 54.7 cm³/mol. The van der Waals surface area contributed by atoms with Crippen LogP contribution in [0.1, 0.15) is 5.56 Å². The summed E-state index contributed by atoms with van der Waals surface area (Å²) in [5, 5.41) is 0. The van der Waals surface area contributed by atoms with E-state index < -0.39 is 0 Å². The summed E-state index contributed by atoms with van der Waals surface area (Å²) in [4.78, 5) is 5.49. The zero-order chi connectivity index (χ0) is 10.0. The first kappa shape index (κ1) is 9.71. The summed E-state index contributed by atoms with van der Waals surface area (Å²) in [7, 11) is 3.70. The molecule has 1 aromatic carbocycles. The number of hydrogen-bond acceptors (Lipinski definition) is 2. The average Bonchev–Trinajstić information content (AvgIpc) is 2.02. The van der Waals surface area contributed by atoms with Gasteiger partial charge in [-0.1, -0.05) is 0 Å². The zero-order valence-corrected chi connectivity index (χ0v) is 8.13. The van der Waals surface area contributed by atoms with Crippen LogP contribution in [0.15, 0.2) is 17.1 Å². The highest BCUT2D eigenvalue weighted by molar-refractivity contribution is 5.70. The maximum absolute atomic E-state index is 13.3. The number of rotatable bonds is 2. The number of aryl methyl sites for hydroxylation is 1. The van der Waals surface area contributed by atoms with Crippen molar-refractivity contribution in [3.05, 3.63) is 23.5 Å². The first-order chi connectivity index (χ1) is 6.06. The SMILES string of the molecule is C=Nc1c(F)cc(C)cc1N(C)C. The standard InChI is InChI=1S/C10H13FN2/c1-7-5-8(11)10(12-2)9(6-7)13(3)4/h5-6H,2H2,1,3-4H3. The van der Waals surface area contributed by atoms with E-state index in [-0.39, 0.29) is 5.82 Å². The van der Waals surface area contributed by atoms with Gasteiger partial charge in [0.1, 0.15) is 5.69 Å². The topological polar surface area (TPSA) is 15.6 Å². The summed E-state index contributed by atoms with van der Waals surface area (Å²) in [5.41, 5.74) is 1.96. The summed E-state index contributed by atoms with van der Waals surface area (Å²) in [6.45, 7) is 5.20. The molecule has 0 aliphatic carbocycles. The summed E-state index contributed by atoms with van der Waals surface area (Å²) >= 11 is 0. The molecule has 0 aliphatic heterocycles. The van der Waals surface area contributed by atoms with Crippen molar-refractivity contribution < 1.29 is 4.39 Å². The van der Waals surface area contributed by atoms with Gasteiger partial charge in [0.15, 0.2) is 5.82 Å². The fourth-order valence-corrected chi connectivity index (χ4v) is 1.21. The normalized spacial score (nSPS) is 9.85. The van der Waals surface area contributed by atoms with Gasteiger partial charge in [-0.3, -0.25) is 4.99 Å². The minimum absolute atomic E-state index is 0.315. The summed E-state index contributed by atoms with van der Waals surface area (Å²) in [5.74, 6) is -0.321. The summed E-state index contributed by atoms with van der Waals surface area (Å²) in [6.07, 6.45) is 0. The second-order valence-corrected chi connectivity index (χ2v) is 3.17. The van der Waals surface area contributed by atoms with E-state index in [0.717, 1.165) is 11.3 Å². The molecule has 0 unspecified atom stereocenters. The van der Waals surface area contributed by atoms with Crippen LogP contribution in [0, 0.1) is 12.7 Å². The van der Waals surface area contributed by atoms with E-state index in [4.69, 9.17) is 0 Å². The van der Waals surface area contributed by atoms with Crippen molar-refractivity contribution in [1.82, 2.24) is 0 Å². The second kappa shape index (κ2) is 3.56. The molecule has 1 rings (SSSR count). The molecule has 0 aliphatic rings. The Morgan fingerprint density at radius 3 is 2.46 bits per heavy atom. The van der Waals surface area contributed by atoms with Crippen molar-refractivity contribution in [3.63, 3.8) is 0 Å². The lowest BCUT2D eigenvalue weighted by atomic mass is 10.1. The first-order valence-corrected chi connectivity index (χ1v) is 4.00. The molecule has 0 heterocycles. The van der Waals surface area contributed by atoms with Crippen molar-refractivity contribution in [2.75, 3.05) is 19.0 Å². The molecule has 70 valence electrons. The molecule has 0 bridgehead atoms. The summed E-state index contributed by atoms with van der Waals surface area (Å²) < 4.78 is 13.3. The van der Waals surface area contributed by atoms with Gasteiger partial charge in [0.05, 0.1) is 5.69 Å². The van der Waals surface area contributed by atoms with Crippen molar-refractivity contribution in [2.24, 2.45) is 4.99 Å². The fourth-order valence-electron chi connectivity index (χ4n) is 1.21. The smallest absolute Gasteiger partial charge is 0.151 e. The molecule has 0 fully saturated rings. The molecule has 0 atom stereocenters. The van der Waals surface area contributed by atoms with Gasteiger partial charge in [0, 0.05) is 14.1 Å². The van der Waals surface area contributed by atoms with Crippen LogP contribution < -0.4 is 4.90 Å². The Morgan fingerprint density at radius 2 is 2.00 bits per heavy atom. The molecule has 0 amide bonds. The van der Waals surface area contributed by atoms with Crippen LogP contribution in [-0.2, 0) is 0 Å². The van der Waals surface area contributed by atoms with E-state index in [1.807, 2.05) is 32.0 Å². The maximum Gasteiger partial charge on any atom is 0.151 e. The Morgan fingerprint density at radius 1 is 1.38 bits per heavy atom. The van der Waals surface area contributed by atoms with Crippen LogP contribution in [0.3, 0.4) is 0 Å². The minimum Gasteiger partial charge on any atom is -0.376 e. The molecule has 13 heavy (non-hydrogen) atoms. The molecule has 0 aromatic heterocycles. The predicted octanol–water partition coefficient (Wildman–Crippen LogP) is 2.53. The second-order valence-electron chi connectivity index (χ2n) is 3.17. The molecule has 0 spiro atoms. The Balaban J connectivity index is 3.38. The van der Waals surface area contributed by atoms with Gasteiger partial charge in [-0.15, -0.1) is 0 Å². The van der Waals surface area contributed by atoms with Crippen molar-refractivity contribution in [3.8, 4) is 0 Å². The van der Waals surface area contributed by atoms with E-state index in [9.17, 15) is 4.39 Å². The van der Waals surface area contributed by atoms with Crippen molar-refractivity contribution in [1.29, 1.82) is 0 Å². The molecular formula is C10H13FN2. The Hall–Kier alpha value is -1.38. The van der Waals surface area contributed by atoms with Gasteiger partial charge < -0.3 is 4.90 Å². The number of aliphatic imine (C=N–C) groups is 1. The highest BCUT2D eigenvalue weighted by atomic mass is 19.1. The Kier molecular flexibility index (Phi) is 2.66. The molecule has 0 saturated heterocycles. The molecular weight excluding hydrogens is 167 g/mol. The quantitative estimate of drug-likeness (QED) is 0.638. The van der Waals surface area contributed by atoms with Gasteiger partial charge in [-0.05, 0) is 31.3 Å². The van der Waals surface area contributed by atoms with Crippen molar-refractivity contribution >= 4 is 18.1 Å². The van der Waals surface area contributed by atoms with Gasteiger partial charge in [0.25, 0.3) is 0 Å².